The molecule has 6 nitrogen and oxygen atoms in total. The zero-order valence-corrected chi connectivity index (χ0v) is 11.6. The molecule has 110 valence electrons. The number of fused-ring (bicyclic) bond motifs is 1. The van der Waals surface area contributed by atoms with Crippen molar-refractivity contribution < 1.29 is 10.0 Å². The third-order valence-corrected chi connectivity index (χ3v) is 4.21. The fourth-order valence-electron chi connectivity index (χ4n) is 3.07. The minimum absolute atomic E-state index is 0.000574. The van der Waals surface area contributed by atoms with Crippen LogP contribution < -0.4 is 5.32 Å². The van der Waals surface area contributed by atoms with Crippen molar-refractivity contribution in [2.75, 3.05) is 11.9 Å². The smallest absolute Gasteiger partial charge is 0.295 e. The molecular weight excluding hydrogens is 270 g/mol. The minimum atomic E-state index is -0.420. The number of non-ortho nitro benzene ring substituents is 1. The molecule has 0 spiro atoms. The maximum Gasteiger partial charge on any atom is 0.295 e. The summed E-state index contributed by atoms with van der Waals surface area (Å²) in [4.78, 5) is 14.8. The number of aliphatic hydroxyl groups is 1. The van der Waals surface area contributed by atoms with Crippen LogP contribution in [0.5, 0.6) is 0 Å². The fraction of sp³-hybridized carbons (Fsp3) is 0.400. The molecule has 3 rings (SSSR count). The molecule has 1 aromatic heterocycles. The Balaban J connectivity index is 2.07. The number of benzene rings is 1. The van der Waals surface area contributed by atoms with Crippen molar-refractivity contribution in [1.29, 1.82) is 0 Å². The normalized spacial score (nSPS) is 17.0. The van der Waals surface area contributed by atoms with Crippen molar-refractivity contribution >= 4 is 22.3 Å². The van der Waals surface area contributed by atoms with Crippen molar-refractivity contribution in [3.05, 3.63) is 40.6 Å². The van der Waals surface area contributed by atoms with E-state index in [1.807, 2.05) is 6.07 Å². The second-order valence-corrected chi connectivity index (χ2v) is 5.56. The van der Waals surface area contributed by atoms with Crippen molar-refractivity contribution in [3.63, 3.8) is 0 Å². The monoisotopic (exact) mass is 287 g/mol. The van der Waals surface area contributed by atoms with E-state index in [0.717, 1.165) is 31.4 Å². The maximum absolute atomic E-state index is 11.1. The Labute approximate surface area is 122 Å². The highest BCUT2D eigenvalue weighted by atomic mass is 16.6. The Hall–Kier alpha value is -2.21. The van der Waals surface area contributed by atoms with Gasteiger partial charge in [-0.15, -0.1) is 0 Å². The molecule has 6 heteroatoms. The van der Waals surface area contributed by atoms with Crippen LogP contribution in [0.3, 0.4) is 0 Å². The van der Waals surface area contributed by atoms with Crippen LogP contribution in [0.2, 0.25) is 0 Å². The molecule has 1 aliphatic rings. The van der Waals surface area contributed by atoms with E-state index in [4.69, 9.17) is 0 Å². The van der Waals surface area contributed by atoms with Gasteiger partial charge in [-0.2, -0.15) is 0 Å². The summed E-state index contributed by atoms with van der Waals surface area (Å²) in [6.45, 7) is 0.0613. The fourth-order valence-corrected chi connectivity index (χ4v) is 3.07. The van der Waals surface area contributed by atoms with E-state index >= 15 is 0 Å². The quantitative estimate of drug-likeness (QED) is 0.666. The van der Waals surface area contributed by atoms with Crippen LogP contribution >= 0.6 is 0 Å². The van der Waals surface area contributed by atoms with E-state index < -0.39 is 4.92 Å². The molecule has 1 aromatic carbocycles. The Bertz CT molecular complexity index is 681. The van der Waals surface area contributed by atoms with E-state index in [1.165, 1.54) is 6.07 Å². The van der Waals surface area contributed by atoms with Gasteiger partial charge in [-0.05, 0) is 31.0 Å². The van der Waals surface area contributed by atoms with E-state index in [2.05, 4.69) is 10.3 Å². The highest BCUT2D eigenvalue weighted by Crippen LogP contribution is 2.36. The van der Waals surface area contributed by atoms with Crippen LogP contribution in [0.25, 0.3) is 10.9 Å². The van der Waals surface area contributed by atoms with Crippen LogP contribution in [-0.4, -0.2) is 27.2 Å². The SMILES string of the molecule is O=[N+]([O-])c1ccc(NC2(CO)CCCC2)c2cccnc12. The van der Waals surface area contributed by atoms with Gasteiger partial charge in [0.05, 0.1) is 17.1 Å². The molecule has 1 aliphatic carbocycles. The average Bonchev–Trinajstić information content (AvgIpc) is 2.96. The van der Waals surface area contributed by atoms with Crippen LogP contribution in [0.4, 0.5) is 11.4 Å². The van der Waals surface area contributed by atoms with Gasteiger partial charge in [-0.1, -0.05) is 12.8 Å². The molecule has 0 unspecified atom stereocenters. The Morgan fingerprint density at radius 1 is 1.33 bits per heavy atom. The highest BCUT2D eigenvalue weighted by molar-refractivity contribution is 5.97. The lowest BCUT2D eigenvalue weighted by Gasteiger charge is -2.29. The molecule has 0 bridgehead atoms. The third-order valence-electron chi connectivity index (χ3n) is 4.21. The van der Waals surface area contributed by atoms with Gasteiger partial charge in [-0.25, -0.2) is 4.98 Å². The molecule has 1 fully saturated rings. The topological polar surface area (TPSA) is 88.3 Å². The van der Waals surface area contributed by atoms with Crippen molar-refractivity contribution in [2.45, 2.75) is 31.2 Å². The number of hydrogen-bond acceptors (Lipinski definition) is 5. The second kappa shape index (κ2) is 5.29. The lowest BCUT2D eigenvalue weighted by Crippen LogP contribution is -2.39. The lowest BCUT2D eigenvalue weighted by atomic mass is 9.97. The standard InChI is InChI=1S/C15H17N3O3/c19-10-15(7-1-2-8-15)17-12-5-6-13(18(20)21)14-11(12)4-3-9-16-14/h3-6,9,17,19H,1-2,7-8,10H2. The number of pyridine rings is 1. The Morgan fingerprint density at radius 2 is 2.10 bits per heavy atom. The average molecular weight is 287 g/mol. The van der Waals surface area contributed by atoms with Gasteiger partial charge >= 0.3 is 0 Å². The first-order valence-electron chi connectivity index (χ1n) is 7.06. The third kappa shape index (κ3) is 2.42. The molecule has 0 atom stereocenters. The number of anilines is 1. The van der Waals surface area contributed by atoms with Crippen molar-refractivity contribution in [3.8, 4) is 0 Å². The summed E-state index contributed by atoms with van der Waals surface area (Å²) in [5.41, 5.74) is 0.845. The maximum atomic E-state index is 11.1. The van der Waals surface area contributed by atoms with Gasteiger partial charge in [0.1, 0.15) is 5.52 Å². The van der Waals surface area contributed by atoms with Crippen LogP contribution in [-0.2, 0) is 0 Å². The van der Waals surface area contributed by atoms with E-state index in [-0.39, 0.29) is 17.8 Å². The zero-order valence-electron chi connectivity index (χ0n) is 11.6. The Kier molecular flexibility index (Phi) is 3.47. The molecule has 1 heterocycles. The van der Waals surface area contributed by atoms with Crippen molar-refractivity contribution in [1.82, 2.24) is 4.98 Å². The molecule has 0 saturated heterocycles. The number of aliphatic hydroxyl groups excluding tert-OH is 1. The summed E-state index contributed by atoms with van der Waals surface area (Å²) in [7, 11) is 0. The highest BCUT2D eigenvalue weighted by Gasteiger charge is 2.33. The molecule has 21 heavy (non-hydrogen) atoms. The van der Waals surface area contributed by atoms with Gasteiger partial charge in [-0.3, -0.25) is 10.1 Å². The molecular formula is C15H17N3O3. The van der Waals surface area contributed by atoms with Gasteiger partial charge in [0, 0.05) is 23.3 Å². The van der Waals surface area contributed by atoms with Crippen LogP contribution in [0.1, 0.15) is 25.7 Å². The number of nitrogens with one attached hydrogen (secondary N) is 1. The van der Waals surface area contributed by atoms with Crippen LogP contribution in [0.15, 0.2) is 30.5 Å². The molecule has 0 amide bonds. The van der Waals surface area contributed by atoms with E-state index in [9.17, 15) is 15.2 Å². The molecule has 1 saturated carbocycles. The van der Waals surface area contributed by atoms with E-state index in [0.29, 0.717) is 10.9 Å². The predicted molar refractivity (Wildman–Crippen MR) is 80.3 cm³/mol. The molecule has 0 aliphatic heterocycles. The number of hydrogen-bond donors (Lipinski definition) is 2. The summed E-state index contributed by atoms with van der Waals surface area (Å²) in [6, 6.07) is 6.75. The largest absolute Gasteiger partial charge is 0.394 e. The first kappa shape index (κ1) is 13.8. The van der Waals surface area contributed by atoms with Gasteiger partial charge in [0.15, 0.2) is 0 Å². The summed E-state index contributed by atoms with van der Waals surface area (Å²) in [6.07, 6.45) is 5.52. The number of rotatable bonds is 4. The number of nitrogens with zero attached hydrogens (tertiary/aromatic N) is 2. The van der Waals surface area contributed by atoms with E-state index in [1.54, 1.807) is 18.3 Å². The zero-order chi connectivity index (χ0) is 14.9. The first-order valence-corrected chi connectivity index (χ1v) is 7.06. The van der Waals surface area contributed by atoms with Gasteiger partial charge in [0.25, 0.3) is 5.69 Å². The van der Waals surface area contributed by atoms with Gasteiger partial charge < -0.3 is 10.4 Å². The first-order chi connectivity index (χ1) is 10.2. The van der Waals surface area contributed by atoms with Crippen LogP contribution in [0, 0.1) is 10.1 Å². The second-order valence-electron chi connectivity index (χ2n) is 5.56. The lowest BCUT2D eigenvalue weighted by molar-refractivity contribution is -0.383. The number of nitro benzene ring substituents is 1. The predicted octanol–water partition coefficient (Wildman–Crippen LogP) is 2.86. The number of nitro groups is 1. The Morgan fingerprint density at radius 3 is 2.76 bits per heavy atom. The summed E-state index contributed by atoms with van der Waals surface area (Å²) >= 11 is 0. The molecule has 0 radical (unpaired) electrons. The minimum Gasteiger partial charge on any atom is -0.394 e. The summed E-state index contributed by atoms with van der Waals surface area (Å²) in [5.74, 6) is 0. The summed E-state index contributed by atoms with van der Waals surface area (Å²) in [5, 5.41) is 24.9. The van der Waals surface area contributed by atoms with Gasteiger partial charge in [0.2, 0.25) is 0 Å². The summed E-state index contributed by atoms with van der Waals surface area (Å²) < 4.78 is 0. The molecule has 2 aromatic rings. The van der Waals surface area contributed by atoms with Crippen molar-refractivity contribution in [2.24, 2.45) is 0 Å². The number of aromatic nitrogens is 1. The molecule has 2 N–H and O–H groups in total.